The fraction of sp³-hybridized carbons (Fsp3) is 0.421. The first kappa shape index (κ1) is 16.1. The topological polar surface area (TPSA) is 29.5 Å². The molecule has 0 aliphatic heterocycles. The Bertz CT molecular complexity index is 669. The van der Waals surface area contributed by atoms with Crippen molar-refractivity contribution in [3.63, 3.8) is 0 Å². The molecule has 3 nitrogen and oxygen atoms in total. The molecule has 1 aliphatic carbocycles. The third kappa shape index (κ3) is 3.58. The zero-order valence-electron chi connectivity index (χ0n) is 13.8. The molecule has 0 bridgehead atoms. The molecule has 0 unspecified atom stereocenters. The van der Waals surface area contributed by atoms with E-state index in [1.54, 1.807) is 23.3 Å². The number of thiophene rings is 1. The Morgan fingerprint density at radius 3 is 2.83 bits per heavy atom. The summed E-state index contributed by atoms with van der Waals surface area (Å²) in [5.41, 5.74) is 2.42. The van der Waals surface area contributed by atoms with E-state index in [4.69, 9.17) is 4.74 Å². The summed E-state index contributed by atoms with van der Waals surface area (Å²) < 4.78 is 5.38. The molecule has 0 spiro atoms. The molecule has 0 atom stereocenters. The van der Waals surface area contributed by atoms with Gasteiger partial charge in [0.1, 0.15) is 5.75 Å². The van der Waals surface area contributed by atoms with E-state index < -0.39 is 0 Å². The van der Waals surface area contributed by atoms with Crippen LogP contribution in [0.1, 0.15) is 44.9 Å². The van der Waals surface area contributed by atoms with Gasteiger partial charge in [-0.2, -0.15) is 0 Å². The number of methoxy groups -OCH3 is 1. The van der Waals surface area contributed by atoms with E-state index in [-0.39, 0.29) is 5.91 Å². The fourth-order valence-electron chi connectivity index (χ4n) is 3.12. The lowest BCUT2D eigenvalue weighted by Gasteiger charge is -2.18. The number of rotatable bonds is 4. The van der Waals surface area contributed by atoms with Crippen molar-refractivity contribution in [2.45, 2.75) is 38.6 Å². The summed E-state index contributed by atoms with van der Waals surface area (Å²) in [6.07, 6.45) is 6.05. The van der Waals surface area contributed by atoms with Gasteiger partial charge in [0.05, 0.1) is 12.0 Å². The number of carbonyl (C=O) groups excluding carboxylic acids is 1. The first-order valence-corrected chi connectivity index (χ1v) is 8.99. The van der Waals surface area contributed by atoms with E-state index in [0.717, 1.165) is 29.0 Å². The zero-order chi connectivity index (χ0) is 16.2. The third-order valence-electron chi connectivity index (χ3n) is 4.40. The molecule has 3 rings (SSSR count). The molecule has 0 N–H and O–H groups in total. The van der Waals surface area contributed by atoms with E-state index in [1.807, 2.05) is 31.3 Å². The number of hydrogen-bond donors (Lipinski definition) is 0. The normalized spacial score (nSPS) is 14.0. The summed E-state index contributed by atoms with van der Waals surface area (Å²) in [5, 5.41) is 0. The van der Waals surface area contributed by atoms with Gasteiger partial charge in [-0.15, -0.1) is 11.3 Å². The number of aryl methyl sites for hydroxylation is 2. The van der Waals surface area contributed by atoms with E-state index in [1.165, 1.54) is 29.7 Å². The molecular weight excluding hydrogens is 306 g/mol. The van der Waals surface area contributed by atoms with Gasteiger partial charge in [0.15, 0.2) is 0 Å². The molecular formula is C19H23NO2S. The Balaban J connectivity index is 1.75. The Morgan fingerprint density at radius 1 is 1.22 bits per heavy atom. The van der Waals surface area contributed by atoms with Crippen molar-refractivity contribution >= 4 is 17.2 Å². The second-order valence-electron chi connectivity index (χ2n) is 6.09. The monoisotopic (exact) mass is 329 g/mol. The second-order valence-corrected chi connectivity index (χ2v) is 7.23. The minimum atomic E-state index is 0.106. The Morgan fingerprint density at radius 2 is 2.00 bits per heavy atom. The van der Waals surface area contributed by atoms with Crippen LogP contribution in [0.2, 0.25) is 0 Å². The van der Waals surface area contributed by atoms with Gasteiger partial charge in [0, 0.05) is 24.0 Å². The number of para-hydroxylation sites is 1. The van der Waals surface area contributed by atoms with Crippen molar-refractivity contribution < 1.29 is 9.53 Å². The molecule has 122 valence electrons. The van der Waals surface area contributed by atoms with Crippen LogP contribution in [0.25, 0.3) is 0 Å². The SMILES string of the molecule is COc1ccccc1CN(C)C(=O)c1cc2c(s1)CCCCC2. The Labute approximate surface area is 141 Å². The van der Waals surface area contributed by atoms with Gasteiger partial charge in [-0.25, -0.2) is 0 Å². The molecule has 0 fully saturated rings. The Hall–Kier alpha value is -1.81. The highest BCUT2D eigenvalue weighted by atomic mass is 32.1. The average Bonchev–Trinajstić information content (AvgIpc) is 2.85. The number of fused-ring (bicyclic) bond motifs is 1. The third-order valence-corrected chi connectivity index (χ3v) is 5.63. The lowest BCUT2D eigenvalue weighted by atomic mass is 10.1. The highest BCUT2D eigenvalue weighted by Crippen LogP contribution is 2.30. The van der Waals surface area contributed by atoms with Gasteiger partial charge in [-0.05, 0) is 43.4 Å². The number of benzene rings is 1. The van der Waals surface area contributed by atoms with Crippen molar-refractivity contribution in [3.05, 3.63) is 51.2 Å². The molecule has 1 aromatic carbocycles. The first-order chi connectivity index (χ1) is 11.2. The Kier molecular flexibility index (Phi) is 5.01. The summed E-state index contributed by atoms with van der Waals surface area (Å²) in [6, 6.07) is 9.98. The summed E-state index contributed by atoms with van der Waals surface area (Å²) in [6.45, 7) is 0.561. The van der Waals surface area contributed by atoms with Crippen molar-refractivity contribution in [2.75, 3.05) is 14.2 Å². The van der Waals surface area contributed by atoms with Crippen molar-refractivity contribution in [1.29, 1.82) is 0 Å². The quantitative estimate of drug-likeness (QED) is 0.783. The van der Waals surface area contributed by atoms with E-state index >= 15 is 0 Å². The molecule has 0 saturated carbocycles. The molecule has 23 heavy (non-hydrogen) atoms. The maximum atomic E-state index is 12.7. The van der Waals surface area contributed by atoms with Gasteiger partial charge >= 0.3 is 0 Å². The largest absolute Gasteiger partial charge is 0.496 e. The van der Waals surface area contributed by atoms with Crippen LogP contribution in [0.15, 0.2) is 30.3 Å². The van der Waals surface area contributed by atoms with Crippen LogP contribution < -0.4 is 4.74 Å². The molecule has 0 radical (unpaired) electrons. The van der Waals surface area contributed by atoms with Crippen LogP contribution in [0.5, 0.6) is 5.75 Å². The predicted octanol–water partition coefficient (Wildman–Crippen LogP) is 4.30. The molecule has 1 aliphatic rings. The van der Waals surface area contributed by atoms with E-state index in [0.29, 0.717) is 6.54 Å². The highest BCUT2D eigenvalue weighted by molar-refractivity contribution is 7.14. The first-order valence-electron chi connectivity index (χ1n) is 8.18. The smallest absolute Gasteiger partial charge is 0.263 e. The average molecular weight is 329 g/mol. The number of carbonyl (C=O) groups is 1. The molecule has 1 amide bonds. The van der Waals surface area contributed by atoms with Crippen molar-refractivity contribution in [1.82, 2.24) is 4.90 Å². The summed E-state index contributed by atoms with van der Waals surface area (Å²) in [4.78, 5) is 16.8. The number of nitrogens with zero attached hydrogens (tertiary/aromatic N) is 1. The van der Waals surface area contributed by atoms with E-state index in [2.05, 4.69) is 6.07 Å². The van der Waals surface area contributed by atoms with Crippen LogP contribution in [-0.2, 0) is 19.4 Å². The van der Waals surface area contributed by atoms with Gasteiger partial charge in [0.25, 0.3) is 5.91 Å². The predicted molar refractivity (Wildman–Crippen MR) is 94.4 cm³/mol. The molecule has 4 heteroatoms. The van der Waals surface area contributed by atoms with Crippen LogP contribution in [0.3, 0.4) is 0 Å². The van der Waals surface area contributed by atoms with Crippen LogP contribution in [-0.4, -0.2) is 25.0 Å². The fourth-order valence-corrected chi connectivity index (χ4v) is 4.37. The van der Waals surface area contributed by atoms with Crippen LogP contribution >= 0.6 is 11.3 Å². The minimum Gasteiger partial charge on any atom is -0.496 e. The van der Waals surface area contributed by atoms with Crippen molar-refractivity contribution in [3.8, 4) is 5.75 Å². The highest BCUT2D eigenvalue weighted by Gasteiger charge is 2.19. The maximum absolute atomic E-state index is 12.7. The van der Waals surface area contributed by atoms with E-state index in [9.17, 15) is 4.79 Å². The lowest BCUT2D eigenvalue weighted by Crippen LogP contribution is -2.25. The van der Waals surface area contributed by atoms with Gasteiger partial charge in [0.2, 0.25) is 0 Å². The van der Waals surface area contributed by atoms with Crippen LogP contribution in [0.4, 0.5) is 0 Å². The summed E-state index contributed by atoms with van der Waals surface area (Å²) in [5.74, 6) is 0.933. The van der Waals surface area contributed by atoms with Gasteiger partial charge in [-0.3, -0.25) is 4.79 Å². The van der Waals surface area contributed by atoms with Crippen LogP contribution in [0, 0.1) is 0 Å². The number of hydrogen-bond acceptors (Lipinski definition) is 3. The molecule has 1 aromatic heterocycles. The van der Waals surface area contributed by atoms with Crippen molar-refractivity contribution in [2.24, 2.45) is 0 Å². The minimum absolute atomic E-state index is 0.106. The summed E-state index contributed by atoms with van der Waals surface area (Å²) in [7, 11) is 3.52. The maximum Gasteiger partial charge on any atom is 0.263 e. The molecule has 0 saturated heterocycles. The van der Waals surface area contributed by atoms with Gasteiger partial charge in [-0.1, -0.05) is 24.6 Å². The van der Waals surface area contributed by atoms with Gasteiger partial charge < -0.3 is 9.64 Å². The standard InChI is InChI=1S/C19H23NO2S/c1-20(13-15-9-6-7-10-16(15)22-2)19(21)18-12-14-8-4-3-5-11-17(14)23-18/h6-7,9-10,12H,3-5,8,11,13H2,1-2H3. The lowest BCUT2D eigenvalue weighted by molar-refractivity contribution is 0.0789. The molecule has 2 aromatic rings. The number of amides is 1. The second kappa shape index (κ2) is 7.18. The summed E-state index contributed by atoms with van der Waals surface area (Å²) >= 11 is 1.68. The zero-order valence-corrected chi connectivity index (χ0v) is 14.6. The number of ether oxygens (including phenoxy) is 1. The molecule has 1 heterocycles.